The monoisotopic (exact) mass is 346 g/mol. The van der Waals surface area contributed by atoms with Crippen LogP contribution in [0.2, 0.25) is 0 Å². The molecule has 0 unspecified atom stereocenters. The van der Waals surface area contributed by atoms with Crippen molar-refractivity contribution in [2.45, 2.75) is 18.9 Å². The van der Waals surface area contributed by atoms with E-state index >= 15 is 0 Å². The van der Waals surface area contributed by atoms with Gasteiger partial charge >= 0.3 is 0 Å². The Morgan fingerprint density at radius 3 is 2.50 bits per heavy atom. The molecule has 0 radical (unpaired) electrons. The van der Waals surface area contributed by atoms with Crippen LogP contribution in [0.4, 0.5) is 5.69 Å². The van der Waals surface area contributed by atoms with Crippen LogP contribution in [0, 0.1) is 0 Å². The second kappa shape index (κ2) is 5.29. The van der Waals surface area contributed by atoms with Crippen molar-refractivity contribution in [1.82, 2.24) is 5.32 Å². The molecule has 0 aromatic heterocycles. The molecule has 3 nitrogen and oxygen atoms in total. The fourth-order valence-corrected chi connectivity index (χ4v) is 2.52. The minimum atomic E-state index is -0.0144. The third-order valence-corrected chi connectivity index (χ3v) is 3.68. The number of rotatable bonds is 4. The third kappa shape index (κ3) is 3.30. The highest BCUT2D eigenvalue weighted by Crippen LogP contribution is 2.30. The summed E-state index contributed by atoms with van der Waals surface area (Å²) in [5.74, 6) is -0.0144. The van der Waals surface area contributed by atoms with Crippen molar-refractivity contribution in [3.63, 3.8) is 0 Å². The van der Waals surface area contributed by atoms with E-state index < -0.39 is 0 Å². The summed E-state index contributed by atoms with van der Waals surface area (Å²) in [7, 11) is 0. The number of carbonyl (C=O) groups is 1. The molecule has 2 N–H and O–H groups in total. The number of hydrogen-bond donors (Lipinski definition) is 2. The van der Waals surface area contributed by atoms with Gasteiger partial charge in [-0.1, -0.05) is 6.07 Å². The fourth-order valence-electron chi connectivity index (χ4n) is 1.33. The summed E-state index contributed by atoms with van der Waals surface area (Å²) >= 11 is 6.81. The second-order valence-electron chi connectivity index (χ2n) is 3.80. The lowest BCUT2D eigenvalue weighted by Gasteiger charge is -2.09. The number of amides is 1. The molecule has 1 aromatic carbocycles. The van der Waals surface area contributed by atoms with Crippen LogP contribution < -0.4 is 10.6 Å². The second-order valence-corrected chi connectivity index (χ2v) is 5.51. The molecular formula is C11H12Br2N2O. The van der Waals surface area contributed by atoms with Crippen molar-refractivity contribution in [2.75, 3.05) is 11.9 Å². The van der Waals surface area contributed by atoms with Gasteiger partial charge in [-0.2, -0.15) is 0 Å². The number of anilines is 1. The summed E-state index contributed by atoms with van der Waals surface area (Å²) in [5.41, 5.74) is 0.782. The van der Waals surface area contributed by atoms with E-state index in [9.17, 15) is 4.79 Å². The molecule has 86 valence electrons. The summed E-state index contributed by atoms with van der Waals surface area (Å²) in [6.45, 7) is 0.373. The first kappa shape index (κ1) is 12.1. The minimum Gasteiger partial charge on any atom is -0.323 e. The molecule has 16 heavy (non-hydrogen) atoms. The molecule has 1 saturated carbocycles. The molecular weight excluding hydrogens is 336 g/mol. The van der Waals surface area contributed by atoms with Gasteiger partial charge in [-0.3, -0.25) is 4.79 Å². The maximum Gasteiger partial charge on any atom is 0.238 e. The topological polar surface area (TPSA) is 41.1 Å². The van der Waals surface area contributed by atoms with Gasteiger partial charge in [0.05, 0.1) is 12.2 Å². The largest absolute Gasteiger partial charge is 0.323 e. The van der Waals surface area contributed by atoms with Gasteiger partial charge in [-0.15, -0.1) is 0 Å². The van der Waals surface area contributed by atoms with Crippen molar-refractivity contribution in [1.29, 1.82) is 0 Å². The highest BCUT2D eigenvalue weighted by molar-refractivity contribution is 9.11. The smallest absolute Gasteiger partial charge is 0.238 e. The van der Waals surface area contributed by atoms with Crippen LogP contribution in [0.25, 0.3) is 0 Å². The Bertz CT molecular complexity index is 385. The van der Waals surface area contributed by atoms with Crippen molar-refractivity contribution < 1.29 is 4.79 Å². The van der Waals surface area contributed by atoms with E-state index in [2.05, 4.69) is 42.5 Å². The molecule has 1 aromatic rings. The first-order chi connectivity index (χ1) is 7.66. The van der Waals surface area contributed by atoms with E-state index in [1.165, 1.54) is 12.8 Å². The lowest BCUT2D eigenvalue weighted by Crippen LogP contribution is -2.29. The van der Waals surface area contributed by atoms with Crippen LogP contribution in [0.1, 0.15) is 12.8 Å². The third-order valence-electron chi connectivity index (χ3n) is 2.36. The number of benzene rings is 1. The average molecular weight is 348 g/mol. The normalized spacial score (nSPS) is 14.9. The zero-order valence-electron chi connectivity index (χ0n) is 8.59. The molecule has 0 bridgehead atoms. The van der Waals surface area contributed by atoms with Crippen LogP contribution in [-0.2, 0) is 4.79 Å². The molecule has 1 aliphatic carbocycles. The summed E-state index contributed by atoms with van der Waals surface area (Å²) in [4.78, 5) is 11.6. The van der Waals surface area contributed by atoms with Gasteiger partial charge in [0.1, 0.15) is 0 Å². The van der Waals surface area contributed by atoms with E-state index in [0.717, 1.165) is 14.6 Å². The molecule has 0 saturated heterocycles. The van der Waals surface area contributed by atoms with Crippen molar-refractivity contribution >= 4 is 43.5 Å². The number of carbonyl (C=O) groups excluding carboxylic acids is 1. The molecule has 1 aliphatic rings. The highest BCUT2D eigenvalue weighted by atomic mass is 79.9. The SMILES string of the molecule is O=C(CNC1CC1)Nc1c(Br)cccc1Br. The Labute approximate surface area is 111 Å². The van der Waals surface area contributed by atoms with Gasteiger partial charge in [-0.05, 0) is 56.8 Å². The molecule has 0 heterocycles. The van der Waals surface area contributed by atoms with E-state index in [1.807, 2.05) is 18.2 Å². The number of nitrogens with one attached hydrogen (secondary N) is 2. The standard InChI is InChI=1S/C11H12Br2N2O/c12-8-2-1-3-9(13)11(8)15-10(16)6-14-7-4-5-7/h1-3,7,14H,4-6H2,(H,15,16). The van der Waals surface area contributed by atoms with Crippen LogP contribution in [0.3, 0.4) is 0 Å². The first-order valence-electron chi connectivity index (χ1n) is 5.14. The predicted octanol–water partition coefficient (Wildman–Crippen LogP) is 2.90. The Morgan fingerprint density at radius 2 is 1.94 bits per heavy atom. The summed E-state index contributed by atoms with van der Waals surface area (Å²) < 4.78 is 1.75. The molecule has 1 amide bonds. The summed E-state index contributed by atoms with van der Waals surface area (Å²) in [5, 5.41) is 6.04. The van der Waals surface area contributed by atoms with E-state index in [-0.39, 0.29) is 5.91 Å². The Hall–Kier alpha value is -0.390. The number of para-hydroxylation sites is 1. The van der Waals surface area contributed by atoms with Gasteiger partial charge in [0.25, 0.3) is 0 Å². The lowest BCUT2D eigenvalue weighted by atomic mass is 10.3. The van der Waals surface area contributed by atoms with Gasteiger partial charge in [0, 0.05) is 15.0 Å². The summed E-state index contributed by atoms with van der Waals surface area (Å²) in [6.07, 6.45) is 2.37. The number of halogens is 2. The van der Waals surface area contributed by atoms with Crippen LogP contribution in [0.5, 0.6) is 0 Å². The Morgan fingerprint density at radius 1 is 1.31 bits per heavy atom. The van der Waals surface area contributed by atoms with E-state index in [1.54, 1.807) is 0 Å². The van der Waals surface area contributed by atoms with Gasteiger partial charge in [0.2, 0.25) is 5.91 Å². The molecule has 1 fully saturated rings. The molecule has 5 heteroatoms. The maximum absolute atomic E-state index is 11.6. The molecule has 0 aliphatic heterocycles. The summed E-state index contributed by atoms with van der Waals surface area (Å²) in [6, 6.07) is 6.25. The van der Waals surface area contributed by atoms with Gasteiger partial charge in [-0.25, -0.2) is 0 Å². The number of hydrogen-bond acceptors (Lipinski definition) is 2. The average Bonchev–Trinajstić information content (AvgIpc) is 3.04. The molecule has 0 spiro atoms. The minimum absolute atomic E-state index is 0.0144. The zero-order valence-corrected chi connectivity index (χ0v) is 11.8. The predicted molar refractivity (Wildman–Crippen MR) is 71.5 cm³/mol. The zero-order chi connectivity index (χ0) is 11.5. The maximum atomic E-state index is 11.6. The highest BCUT2D eigenvalue weighted by Gasteiger charge is 2.21. The van der Waals surface area contributed by atoms with Crippen molar-refractivity contribution in [3.05, 3.63) is 27.1 Å². The van der Waals surface area contributed by atoms with Crippen molar-refractivity contribution in [2.24, 2.45) is 0 Å². The van der Waals surface area contributed by atoms with Crippen LogP contribution >= 0.6 is 31.9 Å². The van der Waals surface area contributed by atoms with Crippen LogP contribution in [-0.4, -0.2) is 18.5 Å². The van der Waals surface area contributed by atoms with Crippen molar-refractivity contribution in [3.8, 4) is 0 Å². The van der Waals surface area contributed by atoms with Crippen LogP contribution in [0.15, 0.2) is 27.1 Å². The lowest BCUT2D eigenvalue weighted by molar-refractivity contribution is -0.115. The Kier molecular flexibility index (Phi) is 4.00. The molecule has 0 atom stereocenters. The quantitative estimate of drug-likeness (QED) is 0.879. The van der Waals surface area contributed by atoms with Gasteiger partial charge < -0.3 is 10.6 Å². The van der Waals surface area contributed by atoms with E-state index in [0.29, 0.717) is 12.6 Å². The molecule has 2 rings (SSSR count). The van der Waals surface area contributed by atoms with E-state index in [4.69, 9.17) is 0 Å². The van der Waals surface area contributed by atoms with Gasteiger partial charge in [0.15, 0.2) is 0 Å². The fraction of sp³-hybridized carbons (Fsp3) is 0.364. The first-order valence-corrected chi connectivity index (χ1v) is 6.72. The Balaban J connectivity index is 1.93.